The van der Waals surface area contributed by atoms with E-state index in [1.54, 1.807) is 12.4 Å². The largest absolute Gasteiger partial charge is 0.379 e. The summed E-state index contributed by atoms with van der Waals surface area (Å²) >= 11 is 0. The van der Waals surface area contributed by atoms with Gasteiger partial charge in [0.15, 0.2) is 0 Å². The zero-order valence-electron chi connectivity index (χ0n) is 11.5. The van der Waals surface area contributed by atoms with Crippen molar-refractivity contribution in [2.75, 3.05) is 39.4 Å². The van der Waals surface area contributed by atoms with Gasteiger partial charge in [-0.05, 0) is 12.8 Å². The van der Waals surface area contributed by atoms with Gasteiger partial charge in [0.25, 0.3) is 5.91 Å². The van der Waals surface area contributed by atoms with Gasteiger partial charge in [-0.3, -0.25) is 9.69 Å². The topological polar surface area (TPSA) is 67.4 Å². The number of hydrogen-bond donors (Lipinski definition) is 1. The number of nitrogens with one attached hydrogen (secondary N) is 1. The van der Waals surface area contributed by atoms with Crippen LogP contribution in [-0.2, 0) is 4.74 Å². The fourth-order valence-electron chi connectivity index (χ4n) is 2.59. The number of aromatic nitrogens is 2. The van der Waals surface area contributed by atoms with Gasteiger partial charge in [0.2, 0.25) is 0 Å². The molecule has 0 aromatic carbocycles. The Morgan fingerprint density at radius 1 is 1.30 bits per heavy atom. The van der Waals surface area contributed by atoms with Crippen molar-refractivity contribution in [3.8, 4) is 0 Å². The van der Waals surface area contributed by atoms with E-state index < -0.39 is 0 Å². The Balaban J connectivity index is 1.49. The van der Waals surface area contributed by atoms with Crippen LogP contribution in [0, 0.1) is 5.41 Å². The molecule has 0 spiro atoms. The molecule has 1 saturated heterocycles. The molecule has 0 atom stereocenters. The van der Waals surface area contributed by atoms with E-state index in [0.717, 1.165) is 39.4 Å². The smallest absolute Gasteiger partial charge is 0.254 e. The van der Waals surface area contributed by atoms with E-state index in [4.69, 9.17) is 4.74 Å². The number of amides is 1. The van der Waals surface area contributed by atoms with Gasteiger partial charge in [-0.1, -0.05) is 0 Å². The third-order valence-corrected chi connectivity index (χ3v) is 4.07. The van der Waals surface area contributed by atoms with Gasteiger partial charge in [0.1, 0.15) is 6.33 Å². The summed E-state index contributed by atoms with van der Waals surface area (Å²) in [5.74, 6) is -0.0844. The first-order valence-corrected chi connectivity index (χ1v) is 7.11. The number of ether oxygens (including phenoxy) is 1. The number of carbonyl (C=O) groups is 1. The minimum atomic E-state index is -0.0844. The van der Waals surface area contributed by atoms with Crippen LogP contribution < -0.4 is 5.32 Å². The monoisotopic (exact) mass is 276 g/mol. The summed E-state index contributed by atoms with van der Waals surface area (Å²) in [7, 11) is 0. The fraction of sp³-hybridized carbons (Fsp3) is 0.643. The molecule has 2 fully saturated rings. The number of rotatable bonds is 5. The summed E-state index contributed by atoms with van der Waals surface area (Å²) < 4.78 is 5.37. The summed E-state index contributed by atoms with van der Waals surface area (Å²) in [6, 6.07) is 0. The standard InChI is InChI=1S/C14H20N4O2/c19-13(12-7-15-11-16-8-12)17-9-14(1-2-14)10-18-3-5-20-6-4-18/h7-8,11H,1-6,9-10H2,(H,17,19). The van der Waals surface area contributed by atoms with E-state index >= 15 is 0 Å². The molecule has 6 heteroatoms. The van der Waals surface area contributed by atoms with Crippen molar-refractivity contribution < 1.29 is 9.53 Å². The molecule has 1 aromatic heterocycles. The molecule has 108 valence electrons. The Kier molecular flexibility index (Phi) is 3.93. The Bertz CT molecular complexity index is 456. The van der Waals surface area contributed by atoms with Gasteiger partial charge in [-0.25, -0.2) is 9.97 Å². The van der Waals surface area contributed by atoms with Gasteiger partial charge in [0, 0.05) is 44.0 Å². The molecule has 3 rings (SSSR count). The van der Waals surface area contributed by atoms with E-state index in [-0.39, 0.29) is 11.3 Å². The lowest BCUT2D eigenvalue weighted by atomic mass is 10.1. The van der Waals surface area contributed by atoms with Crippen molar-refractivity contribution in [1.29, 1.82) is 0 Å². The van der Waals surface area contributed by atoms with Crippen molar-refractivity contribution in [2.45, 2.75) is 12.8 Å². The van der Waals surface area contributed by atoms with Crippen LogP contribution in [0.5, 0.6) is 0 Å². The van der Waals surface area contributed by atoms with Gasteiger partial charge >= 0.3 is 0 Å². The molecule has 1 N–H and O–H groups in total. The van der Waals surface area contributed by atoms with Gasteiger partial charge in [0.05, 0.1) is 18.8 Å². The molecule has 0 bridgehead atoms. The van der Waals surface area contributed by atoms with Crippen LogP contribution in [0.4, 0.5) is 0 Å². The Hall–Kier alpha value is -1.53. The average molecular weight is 276 g/mol. The normalized spacial score (nSPS) is 21.4. The summed E-state index contributed by atoms with van der Waals surface area (Å²) in [5.41, 5.74) is 0.789. The summed E-state index contributed by atoms with van der Waals surface area (Å²) in [5, 5.41) is 3.01. The third-order valence-electron chi connectivity index (χ3n) is 4.07. The van der Waals surface area contributed by atoms with Gasteiger partial charge in [-0.15, -0.1) is 0 Å². The van der Waals surface area contributed by atoms with E-state index in [9.17, 15) is 4.79 Å². The summed E-state index contributed by atoms with van der Waals surface area (Å²) in [6.07, 6.45) is 6.90. The van der Waals surface area contributed by atoms with Crippen LogP contribution in [0.25, 0.3) is 0 Å². The van der Waals surface area contributed by atoms with E-state index in [0.29, 0.717) is 5.56 Å². The molecule has 6 nitrogen and oxygen atoms in total. The average Bonchev–Trinajstić information content (AvgIpc) is 3.27. The number of nitrogens with zero attached hydrogens (tertiary/aromatic N) is 3. The molecule has 1 aliphatic carbocycles. The highest BCUT2D eigenvalue weighted by Crippen LogP contribution is 2.45. The lowest BCUT2D eigenvalue weighted by Gasteiger charge is -2.30. The maximum atomic E-state index is 12.0. The highest BCUT2D eigenvalue weighted by Gasteiger charge is 2.44. The lowest BCUT2D eigenvalue weighted by molar-refractivity contribution is 0.0283. The zero-order chi connectivity index (χ0) is 13.8. The number of morpholine rings is 1. The minimum Gasteiger partial charge on any atom is -0.379 e. The third kappa shape index (κ3) is 3.32. The molecule has 1 amide bonds. The SMILES string of the molecule is O=C(NCC1(CN2CCOCC2)CC1)c1cncnc1. The molecule has 20 heavy (non-hydrogen) atoms. The fourth-order valence-corrected chi connectivity index (χ4v) is 2.59. The van der Waals surface area contributed by atoms with Crippen molar-refractivity contribution in [3.63, 3.8) is 0 Å². The Morgan fingerprint density at radius 2 is 2.00 bits per heavy atom. The molecule has 1 aliphatic heterocycles. The molecule has 1 saturated carbocycles. The van der Waals surface area contributed by atoms with Crippen molar-refractivity contribution in [3.05, 3.63) is 24.3 Å². The van der Waals surface area contributed by atoms with Crippen molar-refractivity contribution in [1.82, 2.24) is 20.2 Å². The van der Waals surface area contributed by atoms with Crippen molar-refractivity contribution in [2.24, 2.45) is 5.41 Å². The quantitative estimate of drug-likeness (QED) is 0.839. The summed E-state index contributed by atoms with van der Waals surface area (Å²) in [4.78, 5) is 22.2. The second-order valence-electron chi connectivity index (χ2n) is 5.70. The van der Waals surface area contributed by atoms with Gasteiger partial charge in [-0.2, -0.15) is 0 Å². The maximum Gasteiger partial charge on any atom is 0.254 e. The molecule has 0 unspecified atom stereocenters. The number of carbonyl (C=O) groups excluding carboxylic acids is 1. The molecular weight excluding hydrogens is 256 g/mol. The van der Waals surface area contributed by atoms with E-state index in [1.807, 2.05) is 0 Å². The Morgan fingerprint density at radius 3 is 2.65 bits per heavy atom. The highest BCUT2D eigenvalue weighted by molar-refractivity contribution is 5.93. The van der Waals surface area contributed by atoms with Crippen LogP contribution in [0.1, 0.15) is 23.2 Å². The van der Waals surface area contributed by atoms with Crippen LogP contribution in [-0.4, -0.2) is 60.2 Å². The second-order valence-corrected chi connectivity index (χ2v) is 5.70. The minimum absolute atomic E-state index is 0.0844. The summed E-state index contributed by atoms with van der Waals surface area (Å²) in [6.45, 7) is 5.44. The first-order valence-electron chi connectivity index (χ1n) is 7.11. The molecule has 0 radical (unpaired) electrons. The molecule has 1 aromatic rings. The van der Waals surface area contributed by atoms with E-state index in [1.165, 1.54) is 19.2 Å². The first kappa shape index (κ1) is 13.5. The highest BCUT2D eigenvalue weighted by atomic mass is 16.5. The van der Waals surface area contributed by atoms with Crippen LogP contribution in [0.15, 0.2) is 18.7 Å². The van der Waals surface area contributed by atoms with E-state index in [2.05, 4.69) is 20.2 Å². The van der Waals surface area contributed by atoms with Crippen LogP contribution >= 0.6 is 0 Å². The molecule has 2 heterocycles. The zero-order valence-corrected chi connectivity index (χ0v) is 11.5. The molecule has 2 aliphatic rings. The maximum absolute atomic E-state index is 12.0. The predicted molar refractivity (Wildman–Crippen MR) is 73.3 cm³/mol. The first-order chi connectivity index (χ1) is 9.77. The predicted octanol–water partition coefficient (Wildman–Crippen LogP) is 0.319. The lowest BCUT2D eigenvalue weighted by Crippen LogP contribution is -2.43. The van der Waals surface area contributed by atoms with Crippen LogP contribution in [0.3, 0.4) is 0 Å². The molecular formula is C14H20N4O2. The number of hydrogen-bond acceptors (Lipinski definition) is 5. The second kappa shape index (κ2) is 5.85. The van der Waals surface area contributed by atoms with Gasteiger partial charge < -0.3 is 10.1 Å². The van der Waals surface area contributed by atoms with Crippen molar-refractivity contribution >= 4 is 5.91 Å². The Labute approximate surface area is 118 Å². The van der Waals surface area contributed by atoms with Crippen LogP contribution in [0.2, 0.25) is 0 Å².